The van der Waals surface area contributed by atoms with E-state index in [4.69, 9.17) is 5.11 Å². The second-order valence-corrected chi connectivity index (χ2v) is 4.90. The number of hydrogen-bond acceptors (Lipinski definition) is 6. The van der Waals surface area contributed by atoms with E-state index in [-0.39, 0.29) is 24.7 Å². The summed E-state index contributed by atoms with van der Waals surface area (Å²) in [5.74, 6) is 0. The third-order valence-corrected chi connectivity index (χ3v) is 3.47. The van der Waals surface area contributed by atoms with Crippen LogP contribution >= 0.6 is 0 Å². The van der Waals surface area contributed by atoms with Crippen LogP contribution < -0.4 is 22.6 Å². The van der Waals surface area contributed by atoms with Gasteiger partial charge < -0.3 is 32.6 Å². The van der Waals surface area contributed by atoms with Crippen LogP contribution in [0.5, 0.6) is 0 Å². The number of nitro groups is 1. The summed E-state index contributed by atoms with van der Waals surface area (Å²) in [5, 5.41) is 22.8. The van der Waals surface area contributed by atoms with E-state index in [0.29, 0.717) is 12.2 Å². The SMILES string of the molecule is CN1CCN(c2ccc([N+](=O)[O-])c(NCCO)c2)CC1.[Cl-]. The second kappa shape index (κ2) is 8.02. The zero-order valence-electron chi connectivity index (χ0n) is 12.0. The van der Waals surface area contributed by atoms with Crippen molar-refractivity contribution in [1.29, 1.82) is 0 Å². The topological polar surface area (TPSA) is 81.9 Å². The number of likely N-dealkylation sites (N-methyl/N-ethyl adjacent to an activating group) is 1. The lowest BCUT2D eigenvalue weighted by Gasteiger charge is -2.34. The second-order valence-electron chi connectivity index (χ2n) is 4.90. The number of rotatable bonds is 5. The Morgan fingerprint density at radius 3 is 2.57 bits per heavy atom. The predicted octanol–water partition coefficient (Wildman–Crippen LogP) is -2.25. The summed E-state index contributed by atoms with van der Waals surface area (Å²) in [6, 6.07) is 5.10. The molecule has 0 aromatic heterocycles. The molecule has 0 saturated carbocycles. The van der Waals surface area contributed by atoms with Crippen LogP contribution in [0, 0.1) is 10.1 Å². The van der Waals surface area contributed by atoms with Crippen molar-refractivity contribution in [2.24, 2.45) is 0 Å². The quantitative estimate of drug-likeness (QED) is 0.472. The monoisotopic (exact) mass is 315 g/mol. The molecule has 118 valence electrons. The highest BCUT2D eigenvalue weighted by Crippen LogP contribution is 2.29. The van der Waals surface area contributed by atoms with Crippen LogP contribution in [0.15, 0.2) is 18.2 Å². The molecule has 1 fully saturated rings. The zero-order valence-corrected chi connectivity index (χ0v) is 12.7. The van der Waals surface area contributed by atoms with Gasteiger partial charge in [0.25, 0.3) is 5.69 Å². The van der Waals surface area contributed by atoms with Crippen LogP contribution in [0.3, 0.4) is 0 Å². The summed E-state index contributed by atoms with van der Waals surface area (Å²) in [4.78, 5) is 15.1. The molecule has 7 nitrogen and oxygen atoms in total. The van der Waals surface area contributed by atoms with Gasteiger partial charge in [-0.2, -0.15) is 0 Å². The van der Waals surface area contributed by atoms with Gasteiger partial charge in [-0.1, -0.05) is 0 Å². The largest absolute Gasteiger partial charge is 1.00 e. The Balaban J connectivity index is 0.00000220. The molecule has 1 heterocycles. The summed E-state index contributed by atoms with van der Waals surface area (Å²) in [5.41, 5.74) is 1.47. The van der Waals surface area contributed by atoms with E-state index in [1.807, 2.05) is 0 Å². The molecule has 1 aliphatic rings. The molecule has 8 heteroatoms. The van der Waals surface area contributed by atoms with Crippen molar-refractivity contribution in [1.82, 2.24) is 4.90 Å². The molecule has 0 atom stereocenters. The third kappa shape index (κ3) is 4.45. The van der Waals surface area contributed by atoms with Gasteiger partial charge in [0.15, 0.2) is 0 Å². The maximum atomic E-state index is 11.0. The van der Waals surface area contributed by atoms with Crippen LogP contribution in [0.1, 0.15) is 0 Å². The molecular formula is C13H20ClN4O3-. The number of hydrogen-bond donors (Lipinski definition) is 2. The van der Waals surface area contributed by atoms with Gasteiger partial charge >= 0.3 is 0 Å². The molecule has 0 spiro atoms. The molecule has 1 aliphatic heterocycles. The minimum Gasteiger partial charge on any atom is -1.00 e. The van der Waals surface area contributed by atoms with Gasteiger partial charge in [0, 0.05) is 44.5 Å². The van der Waals surface area contributed by atoms with E-state index in [1.165, 1.54) is 6.07 Å². The number of aliphatic hydroxyl groups excluding tert-OH is 1. The molecule has 0 bridgehead atoms. The predicted molar refractivity (Wildman–Crippen MR) is 78.4 cm³/mol. The first-order valence-corrected chi connectivity index (χ1v) is 6.68. The van der Waals surface area contributed by atoms with Crippen LogP contribution in [0.25, 0.3) is 0 Å². The number of anilines is 2. The normalized spacial score (nSPS) is 15.4. The average Bonchev–Trinajstić information content (AvgIpc) is 2.45. The summed E-state index contributed by atoms with van der Waals surface area (Å²) in [6.45, 7) is 4.03. The number of nitrogens with one attached hydrogen (secondary N) is 1. The Labute approximate surface area is 130 Å². The van der Waals surface area contributed by atoms with E-state index < -0.39 is 4.92 Å². The van der Waals surface area contributed by atoms with Gasteiger partial charge in [0.2, 0.25) is 0 Å². The summed E-state index contributed by atoms with van der Waals surface area (Å²) >= 11 is 0. The van der Waals surface area contributed by atoms with Gasteiger partial charge in [-0.25, -0.2) is 0 Å². The van der Waals surface area contributed by atoms with Gasteiger partial charge in [0.1, 0.15) is 5.69 Å². The van der Waals surface area contributed by atoms with Gasteiger partial charge in [-0.05, 0) is 19.2 Å². The lowest BCUT2D eigenvalue weighted by atomic mass is 10.2. The summed E-state index contributed by atoms with van der Waals surface area (Å²) in [7, 11) is 2.08. The molecule has 21 heavy (non-hydrogen) atoms. The molecule has 0 radical (unpaired) electrons. The van der Waals surface area contributed by atoms with E-state index in [1.54, 1.807) is 12.1 Å². The molecule has 1 saturated heterocycles. The first kappa shape index (κ1) is 17.5. The van der Waals surface area contributed by atoms with Crippen molar-refractivity contribution in [3.63, 3.8) is 0 Å². The molecule has 0 amide bonds. The molecule has 1 aromatic carbocycles. The molecule has 2 rings (SSSR count). The Kier molecular flexibility index (Phi) is 6.67. The number of piperazine rings is 1. The lowest BCUT2D eigenvalue weighted by Crippen LogP contribution is -3.00. The van der Waals surface area contributed by atoms with E-state index in [0.717, 1.165) is 31.9 Å². The van der Waals surface area contributed by atoms with Crippen molar-refractivity contribution >= 4 is 17.1 Å². The third-order valence-electron chi connectivity index (χ3n) is 3.47. The van der Waals surface area contributed by atoms with Crippen molar-refractivity contribution in [2.45, 2.75) is 0 Å². The highest BCUT2D eigenvalue weighted by atomic mass is 35.5. The summed E-state index contributed by atoms with van der Waals surface area (Å²) in [6.07, 6.45) is 0. The summed E-state index contributed by atoms with van der Waals surface area (Å²) < 4.78 is 0. The van der Waals surface area contributed by atoms with Crippen LogP contribution in [0.2, 0.25) is 0 Å². The zero-order chi connectivity index (χ0) is 14.5. The number of aliphatic hydroxyl groups is 1. The maximum absolute atomic E-state index is 11.0. The number of benzene rings is 1. The minimum atomic E-state index is -0.409. The van der Waals surface area contributed by atoms with Crippen molar-refractivity contribution in [3.8, 4) is 0 Å². The fraction of sp³-hybridized carbons (Fsp3) is 0.538. The standard InChI is InChI=1S/C13H20N4O3.ClH/c1-15-5-7-16(8-6-15)11-2-3-13(17(19)20)12(10-11)14-4-9-18;/h2-3,10,14,18H,4-9H2,1H3;1H/p-1. The number of nitrogens with zero attached hydrogens (tertiary/aromatic N) is 3. The van der Waals surface area contributed by atoms with Crippen LogP contribution in [-0.4, -0.2) is 61.3 Å². The first-order chi connectivity index (χ1) is 9.61. The van der Waals surface area contributed by atoms with Crippen LogP contribution in [0.4, 0.5) is 17.1 Å². The fourth-order valence-electron chi connectivity index (χ4n) is 2.28. The van der Waals surface area contributed by atoms with E-state index in [2.05, 4.69) is 22.2 Å². The maximum Gasteiger partial charge on any atom is 0.292 e. The Morgan fingerprint density at radius 2 is 2.00 bits per heavy atom. The Bertz CT molecular complexity index is 478. The fourth-order valence-corrected chi connectivity index (χ4v) is 2.28. The van der Waals surface area contributed by atoms with Crippen LogP contribution in [-0.2, 0) is 0 Å². The van der Waals surface area contributed by atoms with Gasteiger partial charge in [-0.3, -0.25) is 10.1 Å². The lowest BCUT2D eigenvalue weighted by molar-refractivity contribution is -0.383. The molecule has 0 unspecified atom stereocenters. The highest BCUT2D eigenvalue weighted by Gasteiger charge is 2.18. The smallest absolute Gasteiger partial charge is 0.292 e. The first-order valence-electron chi connectivity index (χ1n) is 6.68. The van der Waals surface area contributed by atoms with Crippen molar-refractivity contribution < 1.29 is 22.4 Å². The molecular weight excluding hydrogens is 296 g/mol. The number of halogens is 1. The molecule has 2 N–H and O–H groups in total. The van der Waals surface area contributed by atoms with E-state index in [9.17, 15) is 10.1 Å². The van der Waals surface area contributed by atoms with Crippen molar-refractivity contribution in [3.05, 3.63) is 28.3 Å². The van der Waals surface area contributed by atoms with E-state index >= 15 is 0 Å². The minimum absolute atomic E-state index is 0. The molecule has 1 aromatic rings. The number of nitro benzene ring substituents is 1. The molecule has 0 aliphatic carbocycles. The van der Waals surface area contributed by atoms with Gasteiger partial charge in [0.05, 0.1) is 11.5 Å². The van der Waals surface area contributed by atoms with Gasteiger partial charge in [-0.15, -0.1) is 0 Å². The highest BCUT2D eigenvalue weighted by molar-refractivity contribution is 5.69. The average molecular weight is 316 g/mol. The Hall–Kier alpha value is -1.57. The Morgan fingerprint density at radius 1 is 1.33 bits per heavy atom. The van der Waals surface area contributed by atoms with Crippen molar-refractivity contribution in [2.75, 3.05) is 56.6 Å².